The lowest BCUT2D eigenvalue weighted by Crippen LogP contribution is -2.25. The summed E-state index contributed by atoms with van der Waals surface area (Å²) in [5.41, 5.74) is 0.571. The van der Waals surface area contributed by atoms with Crippen LogP contribution in [0.3, 0.4) is 0 Å². The minimum atomic E-state index is -0.195. The third-order valence-electron chi connectivity index (χ3n) is 1.89. The summed E-state index contributed by atoms with van der Waals surface area (Å²) >= 11 is 0. The van der Waals surface area contributed by atoms with Crippen LogP contribution in [0.15, 0.2) is 18.2 Å². The Morgan fingerprint density at radius 2 is 2.47 bits per heavy atom. The van der Waals surface area contributed by atoms with E-state index in [0.29, 0.717) is 17.2 Å². The summed E-state index contributed by atoms with van der Waals surface area (Å²) in [5.74, 6) is 0.944. The van der Waals surface area contributed by atoms with Gasteiger partial charge in [-0.15, -0.1) is 0 Å². The summed E-state index contributed by atoms with van der Waals surface area (Å²) in [6.07, 6.45) is 0. The predicted octanol–water partition coefficient (Wildman–Crippen LogP) is 0.920. The number of anilines is 1. The number of fused-ring (bicyclic) bond motifs is 1. The highest BCUT2D eigenvalue weighted by Crippen LogP contribution is 2.31. The molecule has 0 aliphatic carbocycles. The number of carbonyl (C=O) groups excluding carboxylic acids is 1. The van der Waals surface area contributed by atoms with Crippen molar-refractivity contribution < 1.29 is 14.3 Å². The molecule has 5 heteroatoms. The lowest BCUT2D eigenvalue weighted by atomic mass is 10.2. The largest absolute Gasteiger partial charge is 0.482 e. The average molecular weight is 204 g/mol. The molecule has 5 nitrogen and oxygen atoms in total. The molecule has 0 bridgehead atoms. The Kier molecular flexibility index (Phi) is 2.42. The molecule has 0 atom stereocenters. The molecule has 1 amide bonds. The van der Waals surface area contributed by atoms with Crippen LogP contribution in [0.25, 0.3) is 0 Å². The van der Waals surface area contributed by atoms with Crippen molar-refractivity contribution >= 4 is 11.6 Å². The topological polar surface area (TPSA) is 71.3 Å². The minimum Gasteiger partial charge on any atom is -0.482 e. The Labute approximate surface area is 86.2 Å². The average Bonchev–Trinajstić information content (AvgIpc) is 2.25. The molecule has 1 aromatic carbocycles. The van der Waals surface area contributed by atoms with Gasteiger partial charge in [0.2, 0.25) is 0 Å². The molecule has 1 heterocycles. The van der Waals surface area contributed by atoms with Gasteiger partial charge in [0, 0.05) is 6.07 Å². The molecule has 2 rings (SSSR count). The summed E-state index contributed by atoms with van der Waals surface area (Å²) in [4.78, 5) is 11.0. The van der Waals surface area contributed by atoms with Gasteiger partial charge in [0.15, 0.2) is 13.2 Å². The Bertz CT molecular complexity index is 437. The van der Waals surface area contributed by atoms with Crippen molar-refractivity contribution in [3.63, 3.8) is 0 Å². The van der Waals surface area contributed by atoms with Crippen LogP contribution in [0.5, 0.6) is 11.5 Å². The SMILES string of the molecule is N#CCOc1ccc2c(c1)NC(=O)CO2. The van der Waals surface area contributed by atoms with E-state index in [1.165, 1.54) is 0 Å². The summed E-state index contributed by atoms with van der Waals surface area (Å²) in [6.45, 7) is 0.0129. The zero-order valence-electron chi connectivity index (χ0n) is 7.82. The predicted molar refractivity (Wildman–Crippen MR) is 51.7 cm³/mol. The number of nitrogens with one attached hydrogen (secondary N) is 1. The Balaban J connectivity index is 2.21. The quantitative estimate of drug-likeness (QED) is 0.777. The highest BCUT2D eigenvalue weighted by molar-refractivity contribution is 5.95. The number of nitriles is 1. The van der Waals surface area contributed by atoms with Gasteiger partial charge in [-0.2, -0.15) is 5.26 Å². The number of nitrogens with zero attached hydrogens (tertiary/aromatic N) is 1. The Morgan fingerprint density at radius 3 is 3.27 bits per heavy atom. The van der Waals surface area contributed by atoms with E-state index >= 15 is 0 Å². The van der Waals surface area contributed by atoms with Crippen LogP contribution in [-0.4, -0.2) is 19.1 Å². The van der Waals surface area contributed by atoms with Gasteiger partial charge < -0.3 is 14.8 Å². The van der Waals surface area contributed by atoms with Crippen LogP contribution in [0.2, 0.25) is 0 Å². The maximum Gasteiger partial charge on any atom is 0.262 e. The number of benzene rings is 1. The molecule has 15 heavy (non-hydrogen) atoms. The zero-order chi connectivity index (χ0) is 10.7. The summed E-state index contributed by atoms with van der Waals surface area (Å²) in [6, 6.07) is 6.88. The fraction of sp³-hybridized carbons (Fsp3) is 0.200. The maximum atomic E-state index is 11.0. The first-order chi connectivity index (χ1) is 7.29. The first kappa shape index (κ1) is 9.34. The highest BCUT2D eigenvalue weighted by Gasteiger charge is 2.15. The van der Waals surface area contributed by atoms with E-state index < -0.39 is 0 Å². The minimum absolute atomic E-state index is 0.0202. The van der Waals surface area contributed by atoms with Gasteiger partial charge in [-0.25, -0.2) is 0 Å². The normalized spacial score (nSPS) is 13.1. The molecule has 1 aliphatic heterocycles. The second-order valence-electron chi connectivity index (χ2n) is 2.94. The molecule has 0 aromatic heterocycles. The number of amides is 1. The molecule has 76 valence electrons. The molecule has 0 fully saturated rings. The second kappa shape index (κ2) is 3.88. The van der Waals surface area contributed by atoms with E-state index in [2.05, 4.69) is 5.32 Å². The van der Waals surface area contributed by atoms with Crippen molar-refractivity contribution in [1.29, 1.82) is 5.26 Å². The summed E-state index contributed by atoms with van der Waals surface area (Å²) in [7, 11) is 0. The fourth-order valence-electron chi connectivity index (χ4n) is 1.27. The van der Waals surface area contributed by atoms with Crippen LogP contribution >= 0.6 is 0 Å². The molecule has 1 aromatic rings. The molecule has 0 spiro atoms. The van der Waals surface area contributed by atoms with Gasteiger partial charge in [0.05, 0.1) is 5.69 Å². The van der Waals surface area contributed by atoms with Crippen molar-refractivity contribution in [3.05, 3.63) is 18.2 Å². The molecular weight excluding hydrogens is 196 g/mol. The third-order valence-corrected chi connectivity index (χ3v) is 1.89. The number of rotatable bonds is 2. The van der Waals surface area contributed by atoms with Crippen LogP contribution in [0, 0.1) is 11.3 Å². The van der Waals surface area contributed by atoms with Gasteiger partial charge in [0.25, 0.3) is 5.91 Å². The molecule has 0 saturated heterocycles. The van der Waals surface area contributed by atoms with Gasteiger partial charge in [-0.05, 0) is 12.1 Å². The number of hydrogen-bond acceptors (Lipinski definition) is 4. The van der Waals surface area contributed by atoms with E-state index in [-0.39, 0.29) is 19.1 Å². The fourth-order valence-corrected chi connectivity index (χ4v) is 1.27. The van der Waals surface area contributed by atoms with Crippen LogP contribution in [-0.2, 0) is 4.79 Å². The Hall–Kier alpha value is -2.22. The molecule has 1 aliphatic rings. The van der Waals surface area contributed by atoms with Crippen LogP contribution < -0.4 is 14.8 Å². The lowest BCUT2D eigenvalue weighted by Gasteiger charge is -2.18. The van der Waals surface area contributed by atoms with E-state index in [1.807, 2.05) is 6.07 Å². The third kappa shape index (κ3) is 1.99. The van der Waals surface area contributed by atoms with E-state index in [0.717, 1.165) is 0 Å². The molecule has 1 N–H and O–H groups in total. The number of ether oxygens (including phenoxy) is 2. The Morgan fingerprint density at radius 1 is 1.60 bits per heavy atom. The van der Waals surface area contributed by atoms with Gasteiger partial charge in [0.1, 0.15) is 17.6 Å². The van der Waals surface area contributed by atoms with Gasteiger partial charge in [-0.3, -0.25) is 4.79 Å². The van der Waals surface area contributed by atoms with E-state index in [9.17, 15) is 4.79 Å². The summed E-state index contributed by atoms with van der Waals surface area (Å²) < 4.78 is 10.3. The van der Waals surface area contributed by atoms with Crippen molar-refractivity contribution in [1.82, 2.24) is 0 Å². The standard InChI is InChI=1S/C10H8N2O3/c11-3-4-14-7-1-2-9-8(5-7)12-10(13)6-15-9/h1-2,5H,4,6H2,(H,12,13). The monoisotopic (exact) mass is 204 g/mol. The van der Waals surface area contributed by atoms with Crippen molar-refractivity contribution in [2.45, 2.75) is 0 Å². The molecular formula is C10H8N2O3. The second-order valence-corrected chi connectivity index (χ2v) is 2.94. The van der Waals surface area contributed by atoms with Gasteiger partial charge >= 0.3 is 0 Å². The smallest absolute Gasteiger partial charge is 0.262 e. The zero-order valence-corrected chi connectivity index (χ0v) is 7.82. The molecule has 0 saturated carbocycles. The van der Waals surface area contributed by atoms with Crippen LogP contribution in [0.4, 0.5) is 5.69 Å². The van der Waals surface area contributed by atoms with E-state index in [4.69, 9.17) is 14.7 Å². The number of carbonyl (C=O) groups is 1. The number of hydrogen-bond donors (Lipinski definition) is 1. The van der Waals surface area contributed by atoms with Crippen molar-refractivity contribution in [3.8, 4) is 17.6 Å². The first-order valence-corrected chi connectivity index (χ1v) is 4.36. The highest BCUT2D eigenvalue weighted by atomic mass is 16.5. The van der Waals surface area contributed by atoms with Crippen LogP contribution in [0.1, 0.15) is 0 Å². The lowest BCUT2D eigenvalue weighted by molar-refractivity contribution is -0.118. The summed E-state index contributed by atoms with van der Waals surface area (Å²) in [5, 5.41) is 11.0. The van der Waals surface area contributed by atoms with E-state index in [1.54, 1.807) is 18.2 Å². The molecule has 0 unspecified atom stereocenters. The molecule has 0 radical (unpaired) electrons. The first-order valence-electron chi connectivity index (χ1n) is 4.36. The van der Waals surface area contributed by atoms with Crippen molar-refractivity contribution in [2.24, 2.45) is 0 Å². The van der Waals surface area contributed by atoms with Gasteiger partial charge in [-0.1, -0.05) is 0 Å². The van der Waals surface area contributed by atoms with Crippen molar-refractivity contribution in [2.75, 3.05) is 18.5 Å². The maximum absolute atomic E-state index is 11.0.